The van der Waals surface area contributed by atoms with E-state index in [-0.39, 0.29) is 17.5 Å². The second-order valence-corrected chi connectivity index (χ2v) is 14.8. The van der Waals surface area contributed by atoms with E-state index in [1.807, 2.05) is 66.7 Å². The maximum atomic E-state index is 9.34. The summed E-state index contributed by atoms with van der Waals surface area (Å²) in [7, 11) is 0. The maximum Gasteiger partial charge on any atom is 0.0629 e. The van der Waals surface area contributed by atoms with E-state index in [2.05, 4.69) is 151 Å². The summed E-state index contributed by atoms with van der Waals surface area (Å²) in [4.78, 5) is 2.20. The molecule has 0 amide bonds. The van der Waals surface area contributed by atoms with Crippen LogP contribution in [-0.4, -0.2) is 4.57 Å². The summed E-state index contributed by atoms with van der Waals surface area (Å²) in [5.74, 6) is 0. The van der Waals surface area contributed by atoms with Gasteiger partial charge in [-0.3, -0.25) is 0 Å². The fourth-order valence-corrected chi connectivity index (χ4v) is 8.57. The maximum absolute atomic E-state index is 9.34. The van der Waals surface area contributed by atoms with E-state index in [1.54, 1.807) is 0 Å². The van der Waals surface area contributed by atoms with Gasteiger partial charge in [0, 0.05) is 38.9 Å². The highest BCUT2D eigenvalue weighted by molar-refractivity contribution is 6.14. The first-order valence-electron chi connectivity index (χ1n) is 19.9. The molecule has 2 heteroatoms. The molecule has 0 saturated carbocycles. The fraction of sp³-hybridized carbons (Fsp3) is 0.0566. The first-order chi connectivity index (χ1) is 27.9. The number of hydrogen-bond acceptors (Lipinski definition) is 1. The molecule has 1 aromatic heterocycles. The number of aromatic nitrogens is 1. The van der Waals surface area contributed by atoms with Crippen molar-refractivity contribution in [1.29, 1.82) is 0 Å². The molecule has 9 aromatic rings. The Morgan fingerprint density at radius 1 is 0.491 bits per heavy atom. The van der Waals surface area contributed by atoms with E-state index in [1.165, 1.54) is 55.2 Å². The van der Waals surface area contributed by atoms with Crippen LogP contribution in [0.2, 0.25) is 0 Å². The third kappa shape index (κ3) is 5.57. The van der Waals surface area contributed by atoms with Crippen LogP contribution in [0, 0.1) is 0 Å². The molecular weight excluding hydrogens is 665 g/mol. The third-order valence-corrected chi connectivity index (χ3v) is 11.2. The van der Waals surface area contributed by atoms with Gasteiger partial charge in [-0.25, -0.2) is 0 Å². The Hall–Kier alpha value is -6.90. The lowest BCUT2D eigenvalue weighted by atomic mass is 9.81. The molecule has 0 fully saturated rings. The first kappa shape index (κ1) is 30.6. The third-order valence-electron chi connectivity index (χ3n) is 11.2. The SMILES string of the molecule is [2H]/C(=C(/[2H])c1ccc2c(c1)C(C)(C)c1c-2ccc2c3cc(-c4ccccc4)ccc3n(-c3ccccc3)c12)c1ccc(N(c2ccccc2)c2ccccc2)cc1. The van der Waals surface area contributed by atoms with Gasteiger partial charge in [-0.1, -0.05) is 159 Å². The van der Waals surface area contributed by atoms with Crippen molar-refractivity contribution in [3.63, 3.8) is 0 Å². The number of para-hydroxylation sites is 3. The normalized spacial score (nSPS) is 13.9. The van der Waals surface area contributed by atoms with Crippen LogP contribution in [0.4, 0.5) is 17.1 Å². The van der Waals surface area contributed by atoms with Gasteiger partial charge in [-0.15, -0.1) is 0 Å². The molecule has 2 nitrogen and oxygen atoms in total. The summed E-state index contributed by atoms with van der Waals surface area (Å²) in [5, 5.41) is 2.45. The summed E-state index contributed by atoms with van der Waals surface area (Å²) >= 11 is 0. The van der Waals surface area contributed by atoms with Crippen LogP contribution < -0.4 is 4.90 Å². The van der Waals surface area contributed by atoms with Crippen molar-refractivity contribution < 1.29 is 2.74 Å². The van der Waals surface area contributed by atoms with E-state index in [0.717, 1.165) is 28.3 Å². The molecule has 0 radical (unpaired) electrons. The molecular formula is C53H40N2. The number of anilines is 3. The van der Waals surface area contributed by atoms with Gasteiger partial charge in [0.05, 0.1) is 13.8 Å². The second-order valence-electron chi connectivity index (χ2n) is 14.8. The Morgan fingerprint density at radius 2 is 1.05 bits per heavy atom. The molecule has 262 valence electrons. The van der Waals surface area contributed by atoms with E-state index in [4.69, 9.17) is 0 Å². The monoisotopic (exact) mass is 706 g/mol. The van der Waals surface area contributed by atoms with Crippen molar-refractivity contribution in [2.45, 2.75) is 19.3 Å². The predicted octanol–water partition coefficient (Wildman–Crippen LogP) is 14.4. The van der Waals surface area contributed by atoms with Crippen molar-refractivity contribution in [3.05, 3.63) is 216 Å². The summed E-state index contributed by atoms with van der Waals surface area (Å²) in [6.45, 7) is 4.62. The predicted molar refractivity (Wildman–Crippen MR) is 234 cm³/mol. The molecule has 0 bridgehead atoms. The van der Waals surface area contributed by atoms with E-state index < -0.39 is 0 Å². The molecule has 0 spiro atoms. The van der Waals surface area contributed by atoms with Crippen molar-refractivity contribution in [3.8, 4) is 27.9 Å². The summed E-state index contributed by atoms with van der Waals surface area (Å²) in [5.41, 5.74) is 14.9. The lowest BCUT2D eigenvalue weighted by Crippen LogP contribution is -2.16. The van der Waals surface area contributed by atoms with Crippen molar-refractivity contribution >= 4 is 51.0 Å². The minimum absolute atomic E-state index is 0.196. The number of rotatable bonds is 7. The first-order valence-corrected chi connectivity index (χ1v) is 18.9. The second kappa shape index (κ2) is 13.2. The zero-order valence-corrected chi connectivity index (χ0v) is 30.9. The Balaban J connectivity index is 1.06. The molecule has 0 N–H and O–H groups in total. The molecule has 10 rings (SSSR count). The van der Waals surface area contributed by atoms with Gasteiger partial charge in [-0.2, -0.15) is 0 Å². The topological polar surface area (TPSA) is 8.17 Å². The van der Waals surface area contributed by atoms with Crippen LogP contribution in [0.15, 0.2) is 194 Å². The molecule has 0 unspecified atom stereocenters. The van der Waals surface area contributed by atoms with Gasteiger partial charge in [0.1, 0.15) is 0 Å². The molecule has 55 heavy (non-hydrogen) atoms. The Kier molecular flexibility index (Phi) is 7.33. The summed E-state index contributed by atoms with van der Waals surface area (Å²) in [6.07, 6.45) is 0. The van der Waals surface area contributed by atoms with Crippen LogP contribution in [0.5, 0.6) is 0 Å². The highest BCUT2D eigenvalue weighted by Crippen LogP contribution is 2.53. The summed E-state index contributed by atoms with van der Waals surface area (Å²) in [6, 6.07) is 68.0. The minimum Gasteiger partial charge on any atom is -0.311 e. The quantitative estimate of drug-likeness (QED) is 0.150. The highest BCUT2D eigenvalue weighted by Gasteiger charge is 2.38. The Bertz CT molecular complexity index is 2930. The van der Waals surface area contributed by atoms with Crippen molar-refractivity contribution in [2.75, 3.05) is 4.90 Å². The van der Waals surface area contributed by atoms with Crippen LogP contribution in [0.1, 0.15) is 38.8 Å². The molecule has 0 atom stereocenters. The van der Waals surface area contributed by atoms with Gasteiger partial charge in [0.2, 0.25) is 0 Å². The average Bonchev–Trinajstić information content (AvgIpc) is 3.72. The van der Waals surface area contributed by atoms with E-state index in [9.17, 15) is 2.74 Å². The van der Waals surface area contributed by atoms with Crippen LogP contribution in [0.25, 0.3) is 61.9 Å². The number of nitrogens with zero attached hydrogens (tertiary/aromatic N) is 2. The molecule has 0 saturated heterocycles. The van der Waals surface area contributed by atoms with E-state index >= 15 is 0 Å². The Morgan fingerprint density at radius 3 is 1.73 bits per heavy atom. The largest absolute Gasteiger partial charge is 0.311 e. The zero-order chi connectivity index (χ0) is 38.7. The lowest BCUT2D eigenvalue weighted by molar-refractivity contribution is 0.663. The fourth-order valence-electron chi connectivity index (χ4n) is 8.57. The van der Waals surface area contributed by atoms with Crippen LogP contribution in [-0.2, 0) is 5.41 Å². The lowest BCUT2D eigenvalue weighted by Gasteiger charge is -2.25. The van der Waals surface area contributed by atoms with Gasteiger partial charge in [0.25, 0.3) is 0 Å². The highest BCUT2D eigenvalue weighted by atomic mass is 15.1. The van der Waals surface area contributed by atoms with Crippen LogP contribution >= 0.6 is 0 Å². The number of fused-ring (bicyclic) bond motifs is 7. The molecule has 0 aliphatic heterocycles. The van der Waals surface area contributed by atoms with Gasteiger partial charge in [0.15, 0.2) is 0 Å². The average molecular weight is 707 g/mol. The number of benzene rings is 8. The number of hydrogen-bond donors (Lipinski definition) is 0. The summed E-state index contributed by atoms with van der Waals surface area (Å²) < 4.78 is 21.0. The minimum atomic E-state index is -0.369. The Labute approximate surface area is 325 Å². The van der Waals surface area contributed by atoms with Gasteiger partial charge < -0.3 is 9.47 Å². The molecule has 1 aliphatic rings. The van der Waals surface area contributed by atoms with Crippen molar-refractivity contribution in [1.82, 2.24) is 4.57 Å². The van der Waals surface area contributed by atoms with E-state index in [0.29, 0.717) is 5.56 Å². The van der Waals surface area contributed by atoms with Crippen molar-refractivity contribution in [2.24, 2.45) is 0 Å². The van der Waals surface area contributed by atoms with Gasteiger partial charge >= 0.3 is 0 Å². The smallest absolute Gasteiger partial charge is 0.0629 e. The zero-order valence-electron chi connectivity index (χ0n) is 32.9. The standard InChI is InChI=1S/C53H40N2/c1-53(2)49-35-38(24-23-37-25-29-44(30-26-37)54(41-17-9-4-10-18-41)42-19-11-5-12-20-42)27-31-45(49)46-32-33-47-48-36-40(39-15-7-3-8-16-39)28-34-50(48)55(52(47)51(46)53)43-21-13-6-14-22-43/h3-36H,1-2H3/b24-23+/i23D,24D. The van der Waals surface area contributed by atoms with Gasteiger partial charge in [-0.05, 0) is 105 Å². The molecule has 8 aromatic carbocycles. The molecule has 1 aliphatic carbocycles. The van der Waals surface area contributed by atoms with Crippen LogP contribution in [0.3, 0.4) is 0 Å². The molecule has 1 heterocycles.